The van der Waals surface area contributed by atoms with Gasteiger partial charge in [-0.2, -0.15) is 0 Å². The lowest BCUT2D eigenvalue weighted by atomic mass is 9.88. The van der Waals surface area contributed by atoms with Crippen LogP contribution in [-0.2, 0) is 14.8 Å². The number of amides is 2. The number of carbonyl (C=O) groups excluding carboxylic acids is 1. The van der Waals surface area contributed by atoms with E-state index in [4.69, 9.17) is 4.74 Å². The van der Waals surface area contributed by atoms with Gasteiger partial charge >= 0.3 is 6.03 Å². The molecule has 1 saturated heterocycles. The number of urea groups is 1. The molecule has 1 saturated carbocycles. The third-order valence-corrected chi connectivity index (χ3v) is 6.21. The Kier molecular flexibility index (Phi) is 7.31. The fraction of sp³-hybridized carbons (Fsp3) is 0.938. The first-order chi connectivity index (χ1) is 11.4. The van der Waals surface area contributed by atoms with E-state index in [1.807, 2.05) is 0 Å². The number of hydrogen-bond donors (Lipinski definition) is 2. The topological polar surface area (TPSA) is 87.7 Å². The van der Waals surface area contributed by atoms with E-state index >= 15 is 0 Å². The molecule has 140 valence electrons. The van der Waals surface area contributed by atoms with Crippen LogP contribution >= 0.6 is 0 Å². The van der Waals surface area contributed by atoms with Crippen molar-refractivity contribution in [2.45, 2.75) is 57.6 Å². The highest BCUT2D eigenvalue weighted by Crippen LogP contribution is 2.25. The molecule has 0 radical (unpaired) electrons. The van der Waals surface area contributed by atoms with Crippen LogP contribution in [0.2, 0.25) is 0 Å². The quantitative estimate of drug-likeness (QED) is 0.698. The molecule has 1 heterocycles. The van der Waals surface area contributed by atoms with E-state index in [1.165, 1.54) is 29.8 Å². The predicted molar refractivity (Wildman–Crippen MR) is 93.3 cm³/mol. The van der Waals surface area contributed by atoms with E-state index in [0.717, 1.165) is 19.3 Å². The van der Waals surface area contributed by atoms with Gasteiger partial charge in [0, 0.05) is 25.7 Å². The van der Waals surface area contributed by atoms with Crippen LogP contribution in [0.1, 0.15) is 45.4 Å². The fourth-order valence-corrected chi connectivity index (χ4v) is 4.41. The molecule has 0 bridgehead atoms. The van der Waals surface area contributed by atoms with E-state index < -0.39 is 10.0 Å². The molecular weight excluding hydrogens is 330 g/mol. The zero-order valence-corrected chi connectivity index (χ0v) is 15.6. The summed E-state index contributed by atoms with van der Waals surface area (Å²) >= 11 is 0. The lowest BCUT2D eigenvalue weighted by molar-refractivity contribution is -0.00246. The molecule has 2 rings (SSSR count). The summed E-state index contributed by atoms with van der Waals surface area (Å²) in [5, 5.41) is 5.65. The van der Waals surface area contributed by atoms with Crippen LogP contribution in [0.3, 0.4) is 0 Å². The smallest absolute Gasteiger partial charge is 0.315 e. The molecule has 3 unspecified atom stereocenters. The van der Waals surface area contributed by atoms with Crippen molar-refractivity contribution in [3.05, 3.63) is 0 Å². The predicted octanol–water partition coefficient (Wildman–Crippen LogP) is 1.30. The largest absolute Gasteiger partial charge is 0.376 e. The average Bonchev–Trinajstić information content (AvgIpc) is 2.52. The van der Waals surface area contributed by atoms with E-state index in [1.54, 1.807) is 0 Å². The Labute approximate surface area is 145 Å². The maximum atomic E-state index is 11.9. The minimum atomic E-state index is -3.19. The lowest BCUT2D eigenvalue weighted by Crippen LogP contribution is -2.52. The van der Waals surface area contributed by atoms with E-state index in [0.29, 0.717) is 38.3 Å². The number of rotatable bonds is 6. The van der Waals surface area contributed by atoms with Crippen LogP contribution in [0.15, 0.2) is 0 Å². The number of sulfonamides is 1. The Morgan fingerprint density at radius 3 is 2.67 bits per heavy atom. The number of piperidine rings is 1. The Morgan fingerprint density at radius 2 is 1.96 bits per heavy atom. The monoisotopic (exact) mass is 361 g/mol. The molecule has 2 aliphatic rings. The van der Waals surface area contributed by atoms with Crippen molar-refractivity contribution in [1.29, 1.82) is 0 Å². The van der Waals surface area contributed by atoms with Crippen molar-refractivity contribution in [3.63, 3.8) is 0 Å². The summed E-state index contributed by atoms with van der Waals surface area (Å²) in [4.78, 5) is 11.9. The van der Waals surface area contributed by atoms with Crippen molar-refractivity contribution in [2.75, 3.05) is 32.5 Å². The van der Waals surface area contributed by atoms with E-state index in [2.05, 4.69) is 17.6 Å². The zero-order valence-electron chi connectivity index (χ0n) is 14.8. The number of nitrogens with one attached hydrogen (secondary N) is 2. The third-order valence-electron chi connectivity index (χ3n) is 4.94. The summed E-state index contributed by atoms with van der Waals surface area (Å²) in [6.45, 7) is 4.09. The first-order valence-corrected chi connectivity index (χ1v) is 10.8. The summed E-state index contributed by atoms with van der Waals surface area (Å²) in [5.74, 6) is 0.594. The minimum Gasteiger partial charge on any atom is -0.376 e. The molecule has 0 aromatic heterocycles. The van der Waals surface area contributed by atoms with Gasteiger partial charge in [0.1, 0.15) is 0 Å². The first kappa shape index (κ1) is 19.5. The summed E-state index contributed by atoms with van der Waals surface area (Å²) in [6, 6.07) is -0.386. The Hall–Kier alpha value is -0.860. The third kappa shape index (κ3) is 6.22. The standard InChI is InChI=1S/C16H31N3O4S/c1-13-6-3-4-8-15(13)23-11-9-17-16(20)18-14-7-5-10-19(12-14)24(2,21)22/h13-15H,3-12H2,1-2H3,(H2,17,18,20). The fourth-order valence-electron chi connectivity index (χ4n) is 3.50. The second-order valence-corrected chi connectivity index (χ2v) is 9.01. The van der Waals surface area contributed by atoms with Gasteiger partial charge in [-0.25, -0.2) is 17.5 Å². The molecule has 2 amide bonds. The zero-order chi connectivity index (χ0) is 17.6. The number of carbonyl (C=O) groups is 1. The van der Waals surface area contributed by atoms with Crippen LogP contribution < -0.4 is 10.6 Å². The van der Waals surface area contributed by atoms with Gasteiger partial charge in [0.2, 0.25) is 10.0 Å². The second kappa shape index (κ2) is 9.01. The average molecular weight is 362 g/mol. The summed E-state index contributed by atoms with van der Waals surface area (Å²) in [5.41, 5.74) is 0. The van der Waals surface area contributed by atoms with Crippen molar-refractivity contribution in [1.82, 2.24) is 14.9 Å². The van der Waals surface area contributed by atoms with Crippen LogP contribution in [-0.4, -0.2) is 63.4 Å². The van der Waals surface area contributed by atoms with Crippen LogP contribution in [0.5, 0.6) is 0 Å². The van der Waals surface area contributed by atoms with E-state index in [9.17, 15) is 13.2 Å². The van der Waals surface area contributed by atoms with Crippen LogP contribution in [0.4, 0.5) is 4.79 Å². The van der Waals surface area contributed by atoms with Gasteiger partial charge in [0.05, 0.1) is 19.0 Å². The number of nitrogens with zero attached hydrogens (tertiary/aromatic N) is 1. The van der Waals surface area contributed by atoms with Gasteiger partial charge in [-0.05, 0) is 31.6 Å². The normalized spacial score (nSPS) is 29.2. The molecule has 1 aliphatic carbocycles. The van der Waals surface area contributed by atoms with Crippen LogP contribution in [0.25, 0.3) is 0 Å². The maximum absolute atomic E-state index is 11.9. The molecule has 8 heteroatoms. The Bertz CT molecular complexity index is 511. The highest BCUT2D eigenvalue weighted by Gasteiger charge is 2.26. The minimum absolute atomic E-state index is 0.132. The molecule has 1 aliphatic heterocycles. The summed E-state index contributed by atoms with van der Waals surface area (Å²) in [7, 11) is -3.19. The van der Waals surface area contributed by atoms with Crippen molar-refractivity contribution in [2.24, 2.45) is 5.92 Å². The first-order valence-electron chi connectivity index (χ1n) is 8.97. The van der Waals surface area contributed by atoms with Crippen LogP contribution in [0, 0.1) is 5.92 Å². The number of ether oxygens (including phenoxy) is 1. The Morgan fingerprint density at radius 1 is 1.21 bits per heavy atom. The van der Waals surface area contributed by atoms with Gasteiger partial charge in [-0.15, -0.1) is 0 Å². The van der Waals surface area contributed by atoms with Gasteiger partial charge in [-0.3, -0.25) is 0 Å². The SMILES string of the molecule is CC1CCCCC1OCCNC(=O)NC1CCCN(S(C)(=O)=O)C1. The van der Waals surface area contributed by atoms with Crippen molar-refractivity contribution < 1.29 is 17.9 Å². The Balaban J connectivity index is 1.62. The highest BCUT2D eigenvalue weighted by atomic mass is 32.2. The van der Waals surface area contributed by atoms with Gasteiger partial charge < -0.3 is 15.4 Å². The van der Waals surface area contributed by atoms with E-state index in [-0.39, 0.29) is 12.1 Å². The second-order valence-electron chi connectivity index (χ2n) is 7.03. The summed E-state index contributed by atoms with van der Waals surface area (Å²) < 4.78 is 30.5. The van der Waals surface area contributed by atoms with Gasteiger partial charge in [0.15, 0.2) is 0 Å². The molecule has 0 spiro atoms. The highest BCUT2D eigenvalue weighted by molar-refractivity contribution is 7.88. The number of hydrogen-bond acceptors (Lipinski definition) is 4. The van der Waals surface area contributed by atoms with Crippen molar-refractivity contribution in [3.8, 4) is 0 Å². The molecule has 0 aromatic rings. The molecular formula is C16H31N3O4S. The lowest BCUT2D eigenvalue weighted by Gasteiger charge is -2.31. The molecule has 2 N–H and O–H groups in total. The molecule has 0 aromatic carbocycles. The van der Waals surface area contributed by atoms with Gasteiger partial charge in [-0.1, -0.05) is 19.8 Å². The maximum Gasteiger partial charge on any atom is 0.315 e. The molecule has 24 heavy (non-hydrogen) atoms. The van der Waals surface area contributed by atoms with Gasteiger partial charge in [0.25, 0.3) is 0 Å². The van der Waals surface area contributed by atoms with Crippen molar-refractivity contribution >= 4 is 16.1 Å². The molecule has 2 fully saturated rings. The molecule has 7 nitrogen and oxygen atoms in total. The summed E-state index contributed by atoms with van der Waals surface area (Å²) in [6.07, 6.45) is 7.92. The molecule has 3 atom stereocenters.